The zero-order valence-electron chi connectivity index (χ0n) is 17.9. The SMILES string of the molecule is Cc1nn(C)c(C)c1C1CN(C(=O)c2cn(-c3ccccc3)nn2)Cc2ccccc21. The number of rotatable bonds is 3. The van der Waals surface area contributed by atoms with Crippen LogP contribution in [-0.2, 0) is 13.6 Å². The van der Waals surface area contributed by atoms with Gasteiger partial charge in [-0.15, -0.1) is 5.10 Å². The lowest BCUT2D eigenvalue weighted by atomic mass is 9.83. The van der Waals surface area contributed by atoms with Gasteiger partial charge in [0.25, 0.3) is 5.91 Å². The summed E-state index contributed by atoms with van der Waals surface area (Å²) in [6.07, 6.45) is 1.70. The van der Waals surface area contributed by atoms with Gasteiger partial charge in [0.1, 0.15) is 0 Å². The van der Waals surface area contributed by atoms with Crippen molar-refractivity contribution >= 4 is 5.91 Å². The van der Waals surface area contributed by atoms with E-state index < -0.39 is 0 Å². The Morgan fingerprint density at radius 2 is 1.77 bits per heavy atom. The molecule has 0 saturated carbocycles. The van der Waals surface area contributed by atoms with Crippen molar-refractivity contribution in [1.29, 1.82) is 0 Å². The third-order valence-corrected chi connectivity index (χ3v) is 6.13. The summed E-state index contributed by atoms with van der Waals surface area (Å²) in [4.78, 5) is 15.3. The molecule has 1 aliphatic heterocycles. The lowest BCUT2D eigenvalue weighted by Gasteiger charge is -2.34. The predicted octanol–water partition coefficient (Wildman–Crippen LogP) is 3.41. The fourth-order valence-electron chi connectivity index (χ4n) is 4.53. The molecule has 5 rings (SSSR count). The van der Waals surface area contributed by atoms with Crippen LogP contribution in [0.4, 0.5) is 0 Å². The molecule has 0 fully saturated rings. The van der Waals surface area contributed by atoms with Gasteiger partial charge in [0.2, 0.25) is 0 Å². The summed E-state index contributed by atoms with van der Waals surface area (Å²) in [6, 6.07) is 18.0. The van der Waals surface area contributed by atoms with Crippen molar-refractivity contribution in [3.63, 3.8) is 0 Å². The summed E-state index contributed by atoms with van der Waals surface area (Å²) in [6.45, 7) is 5.27. The van der Waals surface area contributed by atoms with E-state index in [-0.39, 0.29) is 11.8 Å². The highest BCUT2D eigenvalue weighted by atomic mass is 16.2. The first-order valence-corrected chi connectivity index (χ1v) is 10.4. The molecule has 0 spiro atoms. The van der Waals surface area contributed by atoms with Crippen molar-refractivity contribution in [3.05, 3.63) is 94.6 Å². The molecule has 156 valence electrons. The number of hydrogen-bond donors (Lipinski definition) is 0. The minimum atomic E-state index is -0.110. The van der Waals surface area contributed by atoms with Crippen molar-refractivity contribution in [2.45, 2.75) is 26.3 Å². The molecule has 3 heterocycles. The number of nitrogens with zero attached hydrogens (tertiary/aromatic N) is 6. The first-order valence-electron chi connectivity index (χ1n) is 10.4. The van der Waals surface area contributed by atoms with E-state index in [1.807, 2.05) is 60.0 Å². The smallest absolute Gasteiger partial charge is 0.276 e. The Balaban J connectivity index is 1.50. The first kappa shape index (κ1) is 19.2. The van der Waals surface area contributed by atoms with Crippen LogP contribution in [0.1, 0.15) is 44.5 Å². The average Bonchev–Trinajstić information content (AvgIpc) is 3.38. The second-order valence-electron chi connectivity index (χ2n) is 8.03. The van der Waals surface area contributed by atoms with Crippen LogP contribution in [-0.4, -0.2) is 42.1 Å². The van der Waals surface area contributed by atoms with Crippen molar-refractivity contribution in [3.8, 4) is 5.69 Å². The third kappa shape index (κ3) is 3.32. The van der Waals surface area contributed by atoms with Crippen LogP contribution in [0, 0.1) is 13.8 Å². The number of para-hydroxylation sites is 1. The summed E-state index contributed by atoms with van der Waals surface area (Å²) in [5.41, 5.74) is 6.97. The molecular formula is C24H24N6O. The molecule has 31 heavy (non-hydrogen) atoms. The average molecular weight is 412 g/mol. The van der Waals surface area contributed by atoms with Gasteiger partial charge in [0.05, 0.1) is 17.6 Å². The lowest BCUT2D eigenvalue weighted by molar-refractivity contribution is 0.0718. The number of carbonyl (C=O) groups excluding carboxylic acids is 1. The summed E-state index contributed by atoms with van der Waals surface area (Å²) in [5, 5.41) is 12.9. The molecule has 0 radical (unpaired) electrons. The van der Waals surface area contributed by atoms with Gasteiger partial charge >= 0.3 is 0 Å². The predicted molar refractivity (Wildman–Crippen MR) is 117 cm³/mol. The molecule has 1 aliphatic rings. The van der Waals surface area contributed by atoms with Crippen LogP contribution in [0.3, 0.4) is 0 Å². The van der Waals surface area contributed by atoms with Crippen molar-refractivity contribution in [2.24, 2.45) is 7.05 Å². The van der Waals surface area contributed by atoms with Gasteiger partial charge in [0.15, 0.2) is 5.69 Å². The molecule has 7 heteroatoms. The summed E-state index contributed by atoms with van der Waals surface area (Å²) < 4.78 is 3.55. The fourth-order valence-corrected chi connectivity index (χ4v) is 4.53. The van der Waals surface area contributed by atoms with E-state index in [4.69, 9.17) is 0 Å². The zero-order valence-corrected chi connectivity index (χ0v) is 17.9. The number of benzene rings is 2. The summed E-state index contributed by atoms with van der Waals surface area (Å²) >= 11 is 0. The fraction of sp³-hybridized carbons (Fsp3) is 0.250. The highest BCUT2D eigenvalue weighted by Gasteiger charge is 2.33. The van der Waals surface area contributed by atoms with Crippen LogP contribution in [0.2, 0.25) is 0 Å². The second kappa shape index (κ2) is 7.50. The van der Waals surface area contributed by atoms with E-state index >= 15 is 0 Å². The summed E-state index contributed by atoms with van der Waals surface area (Å²) in [5.74, 6) is -0.0346. The lowest BCUT2D eigenvalue weighted by Crippen LogP contribution is -2.39. The van der Waals surface area contributed by atoms with E-state index in [2.05, 4.69) is 40.5 Å². The topological polar surface area (TPSA) is 68.8 Å². The quantitative estimate of drug-likeness (QED) is 0.517. The van der Waals surface area contributed by atoms with Crippen LogP contribution in [0.25, 0.3) is 5.69 Å². The highest BCUT2D eigenvalue weighted by Crippen LogP contribution is 2.36. The maximum atomic E-state index is 13.4. The molecule has 2 aromatic carbocycles. The molecule has 0 bridgehead atoms. The highest BCUT2D eigenvalue weighted by molar-refractivity contribution is 5.92. The minimum Gasteiger partial charge on any atom is -0.332 e. The summed E-state index contributed by atoms with van der Waals surface area (Å²) in [7, 11) is 1.96. The Bertz CT molecular complexity index is 1260. The standard InChI is InChI=1S/C24H24N6O/c1-16-23(17(2)28(3)26-16)21-14-29(13-18-9-7-8-12-20(18)21)24(31)22-15-30(27-25-22)19-10-5-4-6-11-19/h4-12,15,21H,13-14H2,1-3H3. The molecule has 1 unspecified atom stereocenters. The second-order valence-corrected chi connectivity index (χ2v) is 8.03. The third-order valence-electron chi connectivity index (χ3n) is 6.13. The van der Waals surface area contributed by atoms with E-state index in [1.54, 1.807) is 10.9 Å². The first-order chi connectivity index (χ1) is 15.0. The molecule has 1 atom stereocenters. The van der Waals surface area contributed by atoms with Crippen molar-refractivity contribution in [1.82, 2.24) is 29.7 Å². The largest absolute Gasteiger partial charge is 0.332 e. The molecular weight excluding hydrogens is 388 g/mol. The number of amides is 1. The van der Waals surface area contributed by atoms with Crippen LogP contribution in [0.15, 0.2) is 60.8 Å². The Hall–Kier alpha value is -3.74. The molecule has 0 N–H and O–H groups in total. The Morgan fingerprint density at radius 1 is 1.03 bits per heavy atom. The molecule has 7 nitrogen and oxygen atoms in total. The van der Waals surface area contributed by atoms with Gasteiger partial charge in [-0.2, -0.15) is 5.10 Å². The number of aryl methyl sites for hydroxylation is 2. The zero-order chi connectivity index (χ0) is 21.5. The molecule has 2 aromatic heterocycles. The molecule has 0 aliphatic carbocycles. The van der Waals surface area contributed by atoms with E-state index in [1.165, 1.54) is 11.1 Å². The maximum absolute atomic E-state index is 13.4. The van der Waals surface area contributed by atoms with E-state index in [0.29, 0.717) is 18.8 Å². The van der Waals surface area contributed by atoms with Gasteiger partial charge in [-0.05, 0) is 37.1 Å². The van der Waals surface area contributed by atoms with Gasteiger partial charge in [-0.25, -0.2) is 4.68 Å². The molecule has 1 amide bonds. The van der Waals surface area contributed by atoms with Gasteiger partial charge in [-0.1, -0.05) is 47.7 Å². The van der Waals surface area contributed by atoms with Gasteiger partial charge in [0, 0.05) is 37.3 Å². The van der Waals surface area contributed by atoms with Crippen molar-refractivity contribution in [2.75, 3.05) is 6.54 Å². The maximum Gasteiger partial charge on any atom is 0.276 e. The number of hydrogen-bond acceptors (Lipinski definition) is 4. The van der Waals surface area contributed by atoms with Crippen LogP contribution >= 0.6 is 0 Å². The van der Waals surface area contributed by atoms with E-state index in [9.17, 15) is 4.79 Å². The minimum absolute atomic E-state index is 0.0757. The Labute approximate surface area is 180 Å². The van der Waals surface area contributed by atoms with Gasteiger partial charge in [-0.3, -0.25) is 9.48 Å². The van der Waals surface area contributed by atoms with Crippen molar-refractivity contribution < 1.29 is 4.79 Å². The Kier molecular flexibility index (Phi) is 4.66. The van der Waals surface area contributed by atoms with Crippen LogP contribution in [0.5, 0.6) is 0 Å². The molecule has 0 saturated heterocycles. The normalized spacial score (nSPS) is 15.7. The number of aromatic nitrogens is 5. The van der Waals surface area contributed by atoms with Crippen LogP contribution < -0.4 is 0 Å². The monoisotopic (exact) mass is 412 g/mol. The Morgan fingerprint density at radius 3 is 2.52 bits per heavy atom. The molecule has 4 aromatic rings. The number of carbonyl (C=O) groups is 1. The van der Waals surface area contributed by atoms with E-state index in [0.717, 1.165) is 22.6 Å². The van der Waals surface area contributed by atoms with Gasteiger partial charge < -0.3 is 4.90 Å². The number of fused-ring (bicyclic) bond motifs is 1.